The number of aromatic hydroxyl groups is 1. The minimum Gasteiger partial charge on any atom is -0.507 e. The Morgan fingerprint density at radius 2 is 1.94 bits per heavy atom. The van der Waals surface area contributed by atoms with E-state index in [1.54, 1.807) is 12.1 Å². The summed E-state index contributed by atoms with van der Waals surface area (Å²) < 4.78 is 12.7. The van der Waals surface area contributed by atoms with Crippen molar-refractivity contribution in [1.29, 1.82) is 0 Å². The van der Waals surface area contributed by atoms with Crippen molar-refractivity contribution < 1.29 is 19.4 Å². The van der Waals surface area contributed by atoms with Gasteiger partial charge < -0.3 is 14.6 Å². The van der Waals surface area contributed by atoms with Crippen LogP contribution in [0.3, 0.4) is 0 Å². The average molecular weight is 424 g/mol. The van der Waals surface area contributed by atoms with E-state index in [1.807, 2.05) is 32.9 Å². The molecule has 2 aromatic rings. The molecule has 2 atom stereocenters. The van der Waals surface area contributed by atoms with Crippen LogP contribution in [0.15, 0.2) is 24.3 Å². The van der Waals surface area contributed by atoms with Crippen LogP contribution in [0, 0.1) is 20.8 Å². The van der Waals surface area contributed by atoms with Gasteiger partial charge in [0.15, 0.2) is 0 Å². The number of benzene rings is 2. The molecule has 2 aliphatic heterocycles. The molecular formula is C26H33NO4. The van der Waals surface area contributed by atoms with Crippen molar-refractivity contribution in [2.75, 3.05) is 19.7 Å². The summed E-state index contributed by atoms with van der Waals surface area (Å²) in [4.78, 5) is 13.3. The highest BCUT2D eigenvalue weighted by molar-refractivity contribution is 5.74. The zero-order valence-corrected chi connectivity index (χ0v) is 19.0. The molecule has 5 nitrogen and oxygen atoms in total. The van der Waals surface area contributed by atoms with Crippen LogP contribution >= 0.6 is 0 Å². The Morgan fingerprint density at radius 3 is 2.65 bits per heavy atom. The number of nitrogens with zero attached hydrogens (tertiary/aromatic N) is 1. The highest BCUT2D eigenvalue weighted by Gasteiger charge is 2.38. The lowest BCUT2D eigenvalue weighted by atomic mass is 9.87. The van der Waals surface area contributed by atoms with E-state index in [-0.39, 0.29) is 5.60 Å². The molecule has 1 saturated heterocycles. The summed E-state index contributed by atoms with van der Waals surface area (Å²) in [6, 6.07) is 7.64. The van der Waals surface area contributed by atoms with Gasteiger partial charge in [0.05, 0.1) is 0 Å². The highest BCUT2D eigenvalue weighted by Crippen LogP contribution is 2.43. The molecule has 0 spiro atoms. The molecular weight excluding hydrogens is 390 g/mol. The number of fused-ring (bicyclic) bond motifs is 1. The topological polar surface area (TPSA) is 59.0 Å². The van der Waals surface area contributed by atoms with Gasteiger partial charge in [0.1, 0.15) is 35.7 Å². The molecule has 0 bridgehead atoms. The molecule has 4 rings (SSSR count). The quantitative estimate of drug-likeness (QED) is 0.679. The van der Waals surface area contributed by atoms with E-state index in [2.05, 4.69) is 11.8 Å². The van der Waals surface area contributed by atoms with Crippen molar-refractivity contribution in [3.05, 3.63) is 52.1 Å². The van der Waals surface area contributed by atoms with Gasteiger partial charge in [-0.15, -0.1) is 0 Å². The van der Waals surface area contributed by atoms with E-state index < -0.39 is 0 Å². The lowest BCUT2D eigenvalue weighted by molar-refractivity contribution is 0.0147. The van der Waals surface area contributed by atoms with Gasteiger partial charge in [0.25, 0.3) is 0 Å². The number of rotatable bonds is 6. The summed E-state index contributed by atoms with van der Waals surface area (Å²) in [7, 11) is 0. The fourth-order valence-electron chi connectivity index (χ4n) is 4.96. The van der Waals surface area contributed by atoms with Crippen LogP contribution in [-0.4, -0.2) is 47.6 Å². The third-order valence-corrected chi connectivity index (χ3v) is 7.09. The van der Waals surface area contributed by atoms with Gasteiger partial charge in [-0.3, -0.25) is 9.69 Å². The summed E-state index contributed by atoms with van der Waals surface area (Å²) >= 11 is 0. The highest BCUT2D eigenvalue weighted by atomic mass is 16.5. The molecule has 5 heteroatoms. The normalized spacial score (nSPS) is 23.3. The number of likely N-dealkylation sites (tertiary alicyclic amines) is 1. The second kappa shape index (κ2) is 8.54. The van der Waals surface area contributed by atoms with Crippen LogP contribution in [0.2, 0.25) is 0 Å². The molecule has 0 aromatic heterocycles. The maximum Gasteiger partial charge on any atom is 0.150 e. The summed E-state index contributed by atoms with van der Waals surface area (Å²) in [5, 5.41) is 10.4. The predicted octanol–water partition coefficient (Wildman–Crippen LogP) is 4.76. The van der Waals surface area contributed by atoms with Crippen LogP contribution in [0.1, 0.15) is 58.8 Å². The summed E-state index contributed by atoms with van der Waals surface area (Å²) in [6.07, 6.45) is 4.97. The van der Waals surface area contributed by atoms with Crippen molar-refractivity contribution in [3.63, 3.8) is 0 Å². The number of ether oxygens (including phenoxy) is 2. The van der Waals surface area contributed by atoms with Gasteiger partial charge in [-0.25, -0.2) is 0 Å². The van der Waals surface area contributed by atoms with E-state index in [9.17, 15) is 9.90 Å². The first-order valence-corrected chi connectivity index (χ1v) is 11.2. The molecule has 2 aromatic carbocycles. The predicted molar refractivity (Wildman–Crippen MR) is 122 cm³/mol. The number of hydrogen-bond donors (Lipinski definition) is 1. The average Bonchev–Trinajstić information content (AvgIpc) is 3.21. The van der Waals surface area contributed by atoms with Gasteiger partial charge in [-0.2, -0.15) is 0 Å². The second-order valence-electron chi connectivity index (χ2n) is 9.35. The van der Waals surface area contributed by atoms with Crippen molar-refractivity contribution in [3.8, 4) is 17.2 Å². The van der Waals surface area contributed by atoms with E-state index >= 15 is 0 Å². The fraction of sp³-hybridized carbons (Fsp3) is 0.500. The number of phenols is 1. The first-order valence-electron chi connectivity index (χ1n) is 11.2. The molecule has 0 aliphatic carbocycles. The van der Waals surface area contributed by atoms with E-state index in [1.165, 1.54) is 0 Å². The van der Waals surface area contributed by atoms with E-state index in [0.29, 0.717) is 24.0 Å². The van der Waals surface area contributed by atoms with Crippen LogP contribution in [-0.2, 0) is 6.42 Å². The first kappa shape index (κ1) is 21.7. The molecule has 2 aliphatic rings. The van der Waals surface area contributed by atoms with Crippen molar-refractivity contribution in [1.82, 2.24) is 4.90 Å². The molecule has 0 amide bonds. The Hall–Kier alpha value is -2.53. The fourth-order valence-corrected chi connectivity index (χ4v) is 4.96. The largest absolute Gasteiger partial charge is 0.507 e. The third-order valence-electron chi connectivity index (χ3n) is 7.09. The molecule has 166 valence electrons. The van der Waals surface area contributed by atoms with Crippen LogP contribution in [0.5, 0.6) is 17.2 Å². The van der Waals surface area contributed by atoms with Gasteiger partial charge in [0, 0.05) is 23.7 Å². The van der Waals surface area contributed by atoms with E-state index in [4.69, 9.17) is 9.47 Å². The van der Waals surface area contributed by atoms with Gasteiger partial charge in [0.2, 0.25) is 0 Å². The lowest BCUT2D eigenvalue weighted by Gasteiger charge is -2.41. The van der Waals surface area contributed by atoms with Gasteiger partial charge in [-0.05, 0) is 101 Å². The standard InChI is InChI=1S/C26H33NO4/c1-17-18(2)25-23(19(3)24(17)29)11-12-26(4,31-25)16-27-13-5-6-21(27)15-30-22-9-7-20(14-28)8-10-22/h7-10,14,21,29H,5-6,11-13,15-16H2,1-4H3/t21-,26?/m0/s1. The van der Waals surface area contributed by atoms with Crippen LogP contribution in [0.25, 0.3) is 0 Å². The van der Waals surface area contributed by atoms with Crippen LogP contribution in [0.4, 0.5) is 0 Å². The number of hydrogen-bond acceptors (Lipinski definition) is 5. The summed E-state index contributed by atoms with van der Waals surface area (Å²) in [5.74, 6) is 2.16. The Labute approximate surface area is 185 Å². The molecule has 2 heterocycles. The van der Waals surface area contributed by atoms with Gasteiger partial charge >= 0.3 is 0 Å². The number of carbonyl (C=O) groups is 1. The van der Waals surface area contributed by atoms with Crippen molar-refractivity contribution in [2.24, 2.45) is 0 Å². The Balaban J connectivity index is 1.44. The SMILES string of the molecule is Cc1c(C)c2c(c(C)c1O)CCC(C)(CN1CCC[C@H]1COc1ccc(C=O)cc1)O2. The summed E-state index contributed by atoms with van der Waals surface area (Å²) in [5.41, 5.74) is 4.46. The summed E-state index contributed by atoms with van der Waals surface area (Å²) in [6.45, 7) is 10.8. The van der Waals surface area contributed by atoms with Gasteiger partial charge in [-0.1, -0.05) is 0 Å². The number of carbonyl (C=O) groups excluding carboxylic acids is 1. The molecule has 1 N–H and O–H groups in total. The minimum absolute atomic E-state index is 0.262. The molecule has 31 heavy (non-hydrogen) atoms. The maximum absolute atomic E-state index is 10.8. The van der Waals surface area contributed by atoms with Crippen molar-refractivity contribution in [2.45, 2.75) is 65.0 Å². The third kappa shape index (κ3) is 4.29. The second-order valence-corrected chi connectivity index (χ2v) is 9.35. The maximum atomic E-state index is 10.8. The molecule has 0 saturated carbocycles. The van der Waals surface area contributed by atoms with Crippen molar-refractivity contribution >= 4 is 6.29 Å². The zero-order chi connectivity index (χ0) is 22.2. The Kier molecular flexibility index (Phi) is 5.98. The van der Waals surface area contributed by atoms with Crippen LogP contribution < -0.4 is 9.47 Å². The van der Waals surface area contributed by atoms with E-state index in [0.717, 1.165) is 78.8 Å². The smallest absolute Gasteiger partial charge is 0.150 e. The number of aldehydes is 1. The number of phenolic OH excluding ortho intramolecular Hbond substituents is 1. The molecule has 1 fully saturated rings. The zero-order valence-electron chi connectivity index (χ0n) is 19.0. The first-order chi connectivity index (χ1) is 14.8. The minimum atomic E-state index is -0.262. The Morgan fingerprint density at radius 1 is 1.19 bits per heavy atom. The molecule has 0 radical (unpaired) electrons. The lowest BCUT2D eigenvalue weighted by Crippen LogP contribution is -2.50. The Bertz CT molecular complexity index is 969. The molecule has 1 unspecified atom stereocenters. The monoisotopic (exact) mass is 423 g/mol.